The van der Waals surface area contributed by atoms with Crippen LogP contribution in [-0.4, -0.2) is 27.2 Å². The highest BCUT2D eigenvalue weighted by Gasteiger charge is 2.25. The van der Waals surface area contributed by atoms with Gasteiger partial charge in [0.05, 0.1) is 12.2 Å². The van der Waals surface area contributed by atoms with E-state index in [0.717, 1.165) is 34.8 Å². The van der Waals surface area contributed by atoms with Gasteiger partial charge in [0, 0.05) is 23.2 Å². The standard InChI is InChI=1S/C14H14BrN3O2/c1-9-16-13(14(19)20)12-8-17(5-6-18(9)12)11-4-2-3-10(15)7-11/h2-4,7H,5-6,8H2,1H3,(H,19,20). The predicted octanol–water partition coefficient (Wildman–Crippen LogP) is 2.67. The molecule has 0 atom stereocenters. The highest BCUT2D eigenvalue weighted by molar-refractivity contribution is 9.10. The fraction of sp³-hybridized carbons (Fsp3) is 0.286. The van der Waals surface area contributed by atoms with Gasteiger partial charge < -0.3 is 14.6 Å². The second-order valence-electron chi connectivity index (χ2n) is 4.81. The third-order valence-corrected chi connectivity index (χ3v) is 4.07. The van der Waals surface area contributed by atoms with Crippen LogP contribution in [0.5, 0.6) is 0 Å². The number of imidazole rings is 1. The van der Waals surface area contributed by atoms with E-state index in [4.69, 9.17) is 0 Å². The first kappa shape index (κ1) is 13.2. The molecule has 2 aromatic rings. The fourth-order valence-corrected chi connectivity index (χ4v) is 3.00. The monoisotopic (exact) mass is 335 g/mol. The number of hydrogen-bond donors (Lipinski definition) is 1. The van der Waals surface area contributed by atoms with Crippen molar-refractivity contribution in [3.05, 3.63) is 46.0 Å². The molecule has 1 aliphatic rings. The summed E-state index contributed by atoms with van der Waals surface area (Å²) in [5.41, 5.74) is 2.03. The SMILES string of the molecule is Cc1nc(C(=O)O)c2n1CCN(c1cccc(Br)c1)C2. The molecule has 1 aliphatic heterocycles. The quantitative estimate of drug-likeness (QED) is 0.916. The largest absolute Gasteiger partial charge is 0.476 e. The Morgan fingerprint density at radius 1 is 1.40 bits per heavy atom. The van der Waals surface area contributed by atoms with Crippen molar-refractivity contribution in [3.63, 3.8) is 0 Å². The van der Waals surface area contributed by atoms with Gasteiger partial charge in [0.25, 0.3) is 0 Å². The molecule has 0 fully saturated rings. The highest BCUT2D eigenvalue weighted by Crippen LogP contribution is 2.26. The van der Waals surface area contributed by atoms with Crippen molar-refractivity contribution in [3.8, 4) is 0 Å². The molecule has 0 unspecified atom stereocenters. The Bertz CT molecular complexity index is 681. The Kier molecular flexibility index (Phi) is 3.25. The highest BCUT2D eigenvalue weighted by atomic mass is 79.9. The number of aromatic carboxylic acids is 1. The van der Waals surface area contributed by atoms with Crippen molar-refractivity contribution in [2.45, 2.75) is 20.0 Å². The average molecular weight is 336 g/mol. The maximum Gasteiger partial charge on any atom is 0.356 e. The van der Waals surface area contributed by atoms with Crippen LogP contribution in [0, 0.1) is 6.92 Å². The molecule has 0 radical (unpaired) electrons. The van der Waals surface area contributed by atoms with Crippen LogP contribution < -0.4 is 4.90 Å². The van der Waals surface area contributed by atoms with Crippen LogP contribution in [0.25, 0.3) is 0 Å². The van der Waals surface area contributed by atoms with Gasteiger partial charge in [0.15, 0.2) is 5.69 Å². The van der Waals surface area contributed by atoms with Crippen molar-refractivity contribution >= 4 is 27.6 Å². The first-order chi connectivity index (χ1) is 9.56. The summed E-state index contributed by atoms with van der Waals surface area (Å²) in [4.78, 5) is 17.6. The molecule has 0 saturated carbocycles. The molecule has 1 aromatic heterocycles. The number of aryl methyl sites for hydroxylation is 1. The van der Waals surface area contributed by atoms with Gasteiger partial charge in [-0.3, -0.25) is 0 Å². The summed E-state index contributed by atoms with van der Waals surface area (Å²) in [6.45, 7) is 4.03. The molecule has 0 amide bonds. The normalized spacial score (nSPS) is 14.2. The number of benzene rings is 1. The van der Waals surface area contributed by atoms with Crippen molar-refractivity contribution < 1.29 is 9.90 Å². The lowest BCUT2D eigenvalue weighted by Gasteiger charge is -2.31. The second kappa shape index (κ2) is 4.94. The van der Waals surface area contributed by atoms with E-state index in [1.54, 1.807) is 0 Å². The van der Waals surface area contributed by atoms with Gasteiger partial charge in [-0.15, -0.1) is 0 Å². The minimum atomic E-state index is -0.960. The summed E-state index contributed by atoms with van der Waals surface area (Å²) in [6, 6.07) is 8.03. The zero-order chi connectivity index (χ0) is 14.3. The Morgan fingerprint density at radius 2 is 2.20 bits per heavy atom. The van der Waals surface area contributed by atoms with E-state index in [9.17, 15) is 9.90 Å². The third kappa shape index (κ3) is 2.20. The first-order valence-corrected chi connectivity index (χ1v) is 7.15. The van der Waals surface area contributed by atoms with E-state index < -0.39 is 5.97 Å². The third-order valence-electron chi connectivity index (χ3n) is 3.57. The van der Waals surface area contributed by atoms with Gasteiger partial charge in [-0.05, 0) is 25.1 Å². The Morgan fingerprint density at radius 3 is 2.90 bits per heavy atom. The van der Waals surface area contributed by atoms with Gasteiger partial charge in [0.2, 0.25) is 0 Å². The molecule has 1 N–H and O–H groups in total. The number of carbonyl (C=O) groups is 1. The lowest BCUT2D eigenvalue weighted by atomic mass is 10.2. The van der Waals surface area contributed by atoms with E-state index in [-0.39, 0.29) is 5.69 Å². The van der Waals surface area contributed by atoms with Gasteiger partial charge in [-0.25, -0.2) is 9.78 Å². The van der Waals surface area contributed by atoms with E-state index in [2.05, 4.69) is 25.8 Å². The Hall–Kier alpha value is -1.82. The van der Waals surface area contributed by atoms with Crippen molar-refractivity contribution in [1.29, 1.82) is 0 Å². The van der Waals surface area contributed by atoms with Crippen LogP contribution in [-0.2, 0) is 13.1 Å². The maximum atomic E-state index is 11.3. The molecule has 6 heteroatoms. The summed E-state index contributed by atoms with van der Waals surface area (Å²) in [7, 11) is 0. The Labute approximate surface area is 125 Å². The van der Waals surface area contributed by atoms with Crippen LogP contribution >= 0.6 is 15.9 Å². The molecule has 0 bridgehead atoms. The summed E-state index contributed by atoms with van der Waals surface area (Å²) in [6.07, 6.45) is 0. The number of fused-ring (bicyclic) bond motifs is 1. The number of nitrogens with zero attached hydrogens (tertiary/aromatic N) is 3. The minimum absolute atomic E-state index is 0.169. The number of halogens is 1. The number of anilines is 1. The molecule has 0 aliphatic carbocycles. The number of hydrogen-bond acceptors (Lipinski definition) is 3. The lowest BCUT2D eigenvalue weighted by molar-refractivity contribution is 0.0689. The zero-order valence-corrected chi connectivity index (χ0v) is 12.6. The summed E-state index contributed by atoms with van der Waals surface area (Å²) in [5.74, 6) is -0.191. The topological polar surface area (TPSA) is 58.4 Å². The Balaban J connectivity index is 1.97. The van der Waals surface area contributed by atoms with Gasteiger partial charge in [0.1, 0.15) is 5.82 Å². The molecule has 3 rings (SSSR count). The molecule has 0 saturated heterocycles. The molecule has 2 heterocycles. The molecule has 20 heavy (non-hydrogen) atoms. The number of carboxylic acid groups (broad SMARTS) is 1. The molecular formula is C14H14BrN3O2. The van der Waals surface area contributed by atoms with Crippen molar-refractivity contribution in [2.24, 2.45) is 0 Å². The van der Waals surface area contributed by atoms with Crippen LogP contribution in [0.4, 0.5) is 5.69 Å². The van der Waals surface area contributed by atoms with Crippen LogP contribution in [0.15, 0.2) is 28.7 Å². The summed E-state index contributed by atoms with van der Waals surface area (Å²) in [5, 5.41) is 9.25. The van der Waals surface area contributed by atoms with Crippen LogP contribution in [0.1, 0.15) is 22.0 Å². The fourth-order valence-electron chi connectivity index (χ4n) is 2.61. The van der Waals surface area contributed by atoms with Gasteiger partial charge in [-0.1, -0.05) is 22.0 Å². The molecule has 0 spiro atoms. The van der Waals surface area contributed by atoms with Gasteiger partial charge >= 0.3 is 5.97 Å². The first-order valence-electron chi connectivity index (χ1n) is 6.36. The number of carboxylic acids is 1. The number of rotatable bonds is 2. The smallest absolute Gasteiger partial charge is 0.356 e. The zero-order valence-electron chi connectivity index (χ0n) is 11.0. The molecule has 5 nitrogen and oxygen atoms in total. The second-order valence-corrected chi connectivity index (χ2v) is 5.73. The van der Waals surface area contributed by atoms with Crippen molar-refractivity contribution in [2.75, 3.05) is 11.4 Å². The van der Waals surface area contributed by atoms with Crippen molar-refractivity contribution in [1.82, 2.24) is 9.55 Å². The average Bonchev–Trinajstić information content (AvgIpc) is 2.76. The lowest BCUT2D eigenvalue weighted by Crippen LogP contribution is -2.34. The molecular weight excluding hydrogens is 322 g/mol. The van der Waals surface area contributed by atoms with E-state index in [1.165, 1.54) is 0 Å². The van der Waals surface area contributed by atoms with E-state index >= 15 is 0 Å². The molecule has 104 valence electrons. The maximum absolute atomic E-state index is 11.3. The van der Waals surface area contributed by atoms with E-state index in [1.807, 2.05) is 35.8 Å². The van der Waals surface area contributed by atoms with E-state index in [0.29, 0.717) is 6.54 Å². The number of aromatic nitrogens is 2. The predicted molar refractivity (Wildman–Crippen MR) is 79.1 cm³/mol. The van der Waals surface area contributed by atoms with Gasteiger partial charge in [-0.2, -0.15) is 0 Å². The molecule has 1 aromatic carbocycles. The van der Waals surface area contributed by atoms with Crippen LogP contribution in [0.2, 0.25) is 0 Å². The summed E-state index contributed by atoms with van der Waals surface area (Å²) >= 11 is 3.46. The summed E-state index contributed by atoms with van der Waals surface area (Å²) < 4.78 is 3.02. The van der Waals surface area contributed by atoms with Crippen LogP contribution in [0.3, 0.4) is 0 Å². The minimum Gasteiger partial charge on any atom is -0.476 e.